The minimum atomic E-state index is -0.280. The van der Waals surface area contributed by atoms with Crippen LogP contribution in [0.15, 0.2) is 6.07 Å². The van der Waals surface area contributed by atoms with Gasteiger partial charge in [0, 0.05) is 22.8 Å². The van der Waals surface area contributed by atoms with Crippen molar-refractivity contribution in [1.29, 1.82) is 0 Å². The summed E-state index contributed by atoms with van der Waals surface area (Å²) in [5.74, 6) is 0. The molecule has 0 saturated carbocycles. The quantitative estimate of drug-likeness (QED) is 0.611. The van der Waals surface area contributed by atoms with Gasteiger partial charge in [-0.2, -0.15) is 0 Å². The van der Waals surface area contributed by atoms with Crippen LogP contribution in [0.25, 0.3) is 0 Å². The van der Waals surface area contributed by atoms with E-state index >= 15 is 0 Å². The van der Waals surface area contributed by atoms with Crippen LogP contribution < -0.4 is 5.32 Å². The molecular formula is C8H11NOS. The minimum absolute atomic E-state index is 0.280. The lowest BCUT2D eigenvalue weighted by Crippen LogP contribution is -2.26. The molecule has 3 heteroatoms. The fourth-order valence-electron chi connectivity index (χ4n) is 1.44. The first kappa shape index (κ1) is 7.28. The van der Waals surface area contributed by atoms with Crippen LogP contribution in [0.2, 0.25) is 0 Å². The molecule has 1 unspecified atom stereocenters. The topological polar surface area (TPSA) is 32.3 Å². The zero-order valence-corrected chi connectivity index (χ0v) is 7.24. The minimum Gasteiger partial charge on any atom is -0.386 e. The first-order valence-corrected chi connectivity index (χ1v) is 4.57. The maximum Gasteiger partial charge on any atom is 0.101 e. The molecule has 2 rings (SSSR count). The molecule has 60 valence electrons. The van der Waals surface area contributed by atoms with Gasteiger partial charge in [-0.3, -0.25) is 0 Å². The average molecular weight is 169 g/mol. The lowest BCUT2D eigenvalue weighted by atomic mass is 10.1. The molecule has 2 nitrogen and oxygen atoms in total. The Balaban J connectivity index is 2.43. The number of aliphatic hydroxyl groups is 1. The van der Waals surface area contributed by atoms with E-state index in [1.54, 1.807) is 11.3 Å². The van der Waals surface area contributed by atoms with E-state index in [-0.39, 0.29) is 6.10 Å². The van der Waals surface area contributed by atoms with E-state index in [0.29, 0.717) is 6.54 Å². The molecule has 0 amide bonds. The SMILES string of the molecule is Cc1cc2c(s1)C(O)CNC2. The first-order valence-electron chi connectivity index (χ1n) is 3.75. The Morgan fingerprint density at radius 1 is 1.73 bits per heavy atom. The molecule has 0 bridgehead atoms. The number of nitrogens with one attached hydrogen (secondary N) is 1. The fraction of sp³-hybridized carbons (Fsp3) is 0.500. The van der Waals surface area contributed by atoms with E-state index < -0.39 is 0 Å². The second-order valence-electron chi connectivity index (χ2n) is 2.89. The highest BCUT2D eigenvalue weighted by atomic mass is 32.1. The molecule has 1 aromatic rings. The van der Waals surface area contributed by atoms with Gasteiger partial charge in [0.25, 0.3) is 0 Å². The van der Waals surface area contributed by atoms with Gasteiger partial charge in [-0.1, -0.05) is 0 Å². The van der Waals surface area contributed by atoms with Crippen LogP contribution in [0, 0.1) is 6.92 Å². The fourth-order valence-corrected chi connectivity index (χ4v) is 2.47. The van der Waals surface area contributed by atoms with E-state index in [1.807, 2.05) is 0 Å². The molecule has 0 radical (unpaired) electrons. The van der Waals surface area contributed by atoms with Gasteiger partial charge in [0.1, 0.15) is 6.10 Å². The van der Waals surface area contributed by atoms with Gasteiger partial charge in [-0.25, -0.2) is 0 Å². The molecular weight excluding hydrogens is 158 g/mol. The third kappa shape index (κ3) is 1.20. The molecule has 2 N–H and O–H groups in total. The van der Waals surface area contributed by atoms with Crippen molar-refractivity contribution in [2.45, 2.75) is 19.6 Å². The molecule has 0 fully saturated rings. The Labute approximate surface area is 69.9 Å². The van der Waals surface area contributed by atoms with Gasteiger partial charge in [0.05, 0.1) is 0 Å². The van der Waals surface area contributed by atoms with Crippen molar-refractivity contribution in [3.63, 3.8) is 0 Å². The smallest absolute Gasteiger partial charge is 0.101 e. The summed E-state index contributed by atoms with van der Waals surface area (Å²) in [6.45, 7) is 3.69. The molecule has 1 aliphatic heterocycles. The van der Waals surface area contributed by atoms with Crippen molar-refractivity contribution in [2.24, 2.45) is 0 Å². The summed E-state index contributed by atoms with van der Waals surface area (Å²) in [5.41, 5.74) is 1.27. The molecule has 0 spiro atoms. The highest BCUT2D eigenvalue weighted by Crippen LogP contribution is 2.29. The summed E-state index contributed by atoms with van der Waals surface area (Å²) in [4.78, 5) is 2.44. The van der Waals surface area contributed by atoms with Crippen LogP contribution in [-0.4, -0.2) is 11.7 Å². The molecule has 1 aromatic heterocycles. The van der Waals surface area contributed by atoms with Crippen LogP contribution in [0.3, 0.4) is 0 Å². The third-order valence-corrected chi connectivity index (χ3v) is 3.11. The van der Waals surface area contributed by atoms with Gasteiger partial charge in [-0.05, 0) is 18.6 Å². The van der Waals surface area contributed by atoms with Gasteiger partial charge < -0.3 is 10.4 Å². The summed E-state index contributed by atoms with van der Waals surface area (Å²) < 4.78 is 0. The van der Waals surface area contributed by atoms with E-state index in [9.17, 15) is 5.11 Å². The number of fused-ring (bicyclic) bond motifs is 1. The number of hydrogen-bond donors (Lipinski definition) is 2. The molecule has 2 heterocycles. The van der Waals surface area contributed by atoms with E-state index in [0.717, 1.165) is 11.4 Å². The van der Waals surface area contributed by atoms with Gasteiger partial charge in [-0.15, -0.1) is 11.3 Å². The van der Waals surface area contributed by atoms with Crippen LogP contribution in [0.1, 0.15) is 21.4 Å². The number of thiophene rings is 1. The molecule has 1 aliphatic rings. The highest BCUT2D eigenvalue weighted by Gasteiger charge is 2.19. The zero-order chi connectivity index (χ0) is 7.84. The van der Waals surface area contributed by atoms with E-state index in [4.69, 9.17) is 0 Å². The van der Waals surface area contributed by atoms with Gasteiger partial charge in [0.2, 0.25) is 0 Å². The highest BCUT2D eigenvalue weighted by molar-refractivity contribution is 7.12. The Hall–Kier alpha value is -0.380. The predicted octanol–water partition coefficient (Wildman–Crippen LogP) is 1.19. The number of rotatable bonds is 0. The second kappa shape index (κ2) is 2.59. The number of aryl methyl sites for hydroxylation is 1. The number of β-amino-alcohol motifs (C(OH)–C–C–N with tert-alkyl or cyclic N) is 1. The van der Waals surface area contributed by atoms with Crippen molar-refractivity contribution in [3.8, 4) is 0 Å². The summed E-state index contributed by atoms with van der Waals surface area (Å²) in [6.07, 6.45) is -0.280. The number of aliphatic hydroxyl groups excluding tert-OH is 1. The molecule has 11 heavy (non-hydrogen) atoms. The Morgan fingerprint density at radius 2 is 2.55 bits per heavy atom. The maximum atomic E-state index is 9.52. The zero-order valence-electron chi connectivity index (χ0n) is 6.42. The summed E-state index contributed by atoms with van der Waals surface area (Å²) in [6, 6.07) is 2.15. The standard InChI is InChI=1S/C8H11NOS/c1-5-2-6-3-9-4-7(10)8(6)11-5/h2,7,9-10H,3-4H2,1H3. The number of hydrogen-bond acceptors (Lipinski definition) is 3. The Bertz CT molecular complexity index is 269. The lowest BCUT2D eigenvalue weighted by Gasteiger charge is -2.17. The first-order chi connectivity index (χ1) is 5.27. The van der Waals surface area contributed by atoms with Gasteiger partial charge in [0.15, 0.2) is 0 Å². The molecule has 1 atom stereocenters. The van der Waals surface area contributed by atoms with E-state index in [1.165, 1.54) is 10.4 Å². The van der Waals surface area contributed by atoms with Gasteiger partial charge >= 0.3 is 0 Å². The summed E-state index contributed by atoms with van der Waals surface area (Å²) in [5, 5.41) is 12.7. The average Bonchev–Trinajstić information content (AvgIpc) is 2.31. The van der Waals surface area contributed by atoms with Crippen molar-refractivity contribution >= 4 is 11.3 Å². The summed E-state index contributed by atoms with van der Waals surface area (Å²) >= 11 is 1.71. The van der Waals surface area contributed by atoms with Crippen molar-refractivity contribution in [1.82, 2.24) is 5.32 Å². The normalized spacial score (nSPS) is 23.3. The molecule has 0 saturated heterocycles. The monoisotopic (exact) mass is 169 g/mol. The molecule has 0 aliphatic carbocycles. The lowest BCUT2D eigenvalue weighted by molar-refractivity contribution is 0.169. The van der Waals surface area contributed by atoms with Crippen molar-refractivity contribution in [3.05, 3.63) is 21.4 Å². The molecule has 0 aromatic carbocycles. The summed E-state index contributed by atoms with van der Waals surface area (Å²) in [7, 11) is 0. The van der Waals surface area contributed by atoms with E-state index in [2.05, 4.69) is 18.3 Å². The van der Waals surface area contributed by atoms with Crippen LogP contribution in [-0.2, 0) is 6.54 Å². The largest absolute Gasteiger partial charge is 0.386 e. The van der Waals surface area contributed by atoms with Crippen molar-refractivity contribution in [2.75, 3.05) is 6.54 Å². The van der Waals surface area contributed by atoms with Crippen LogP contribution in [0.4, 0.5) is 0 Å². The Kier molecular flexibility index (Phi) is 1.71. The maximum absolute atomic E-state index is 9.52. The predicted molar refractivity (Wildman–Crippen MR) is 45.7 cm³/mol. The van der Waals surface area contributed by atoms with Crippen molar-refractivity contribution < 1.29 is 5.11 Å². The second-order valence-corrected chi connectivity index (χ2v) is 4.18. The third-order valence-electron chi connectivity index (χ3n) is 1.92. The Morgan fingerprint density at radius 3 is 3.27 bits per heavy atom. The van der Waals surface area contributed by atoms with Crippen LogP contribution in [0.5, 0.6) is 0 Å². The van der Waals surface area contributed by atoms with Crippen LogP contribution >= 0.6 is 11.3 Å².